The average molecular weight is 1450 g/mol. The molecule has 32 nitrogen and oxygen atoms in total. The van der Waals surface area contributed by atoms with Crippen LogP contribution < -0.4 is 59.1 Å². The Bertz CT molecular complexity index is 3510. The molecule has 2 unspecified atom stereocenters. The van der Waals surface area contributed by atoms with E-state index in [0.717, 1.165) is 38.1 Å². The number of nitrogens with two attached hydrogens (primary N) is 2. The molecule has 7 amide bonds. The van der Waals surface area contributed by atoms with E-state index in [1.54, 1.807) is 71.7 Å². The Morgan fingerprint density at radius 3 is 2.04 bits per heavy atom. The minimum absolute atomic E-state index is 0.0340. The van der Waals surface area contributed by atoms with Crippen molar-refractivity contribution in [2.75, 3.05) is 70.8 Å². The standard InChI is InChI=1S/C49H66N10O10S2.C11H16N4O4.C7H15NO3/c1-28(61)39(25-60)56-48(68)41-27-71-70-26-40(57-43(63)34(51)21-30-13-5-3-6-14-30)47(67)54-37(22-31-15-7-4-8-16-31)45(65)55-38(23-32-24-52-35-18-10-9-17-33(32)35)46(66)53-36(19-11-12-20-50)44(64)59-42(29(2)62)49(69)58-41;16-3-8-6(17)1-9(19-8)15-5-14-10-7(18)2-12-4-13-11(10)15;1-8(2,3)5-6(9)4-7(10)11/h3-10,13-18,24,28-29,34,36-42,52,60-62H,11-12,19-23,25-27,50-51H2,1-2H3,(H,53,66)(H,54,67)(H,55,65)(H,56,68)(H,57,63)(H,58,69)(H,59,64);4-9,16-18H,1-3H2,(H,12,13);6,9H,4-5H2,1-3H3/t28-,29?,34-,36+,37+,38-,39-,40+,41+,42+;6-,7+,8+,9+;/m10./s1. The van der Waals surface area contributed by atoms with Crippen LogP contribution in [0.25, 0.3) is 10.9 Å². The zero-order valence-corrected chi connectivity index (χ0v) is 58.7. The number of nitrogens with zero attached hydrogens (tertiary/aromatic N) is 4. The van der Waals surface area contributed by atoms with E-state index in [2.05, 4.69) is 57.5 Å². The Balaban J connectivity index is 0.000000434. The van der Waals surface area contributed by atoms with Crippen LogP contribution in [-0.2, 0) is 62.4 Å². The SMILES string of the molecule is CC(O)[C@@H]1NC(=O)[C@H](CCCCN)NC(=O)[C@@H](Cc2c[nH]c3ccccc23)NC(=O)[C@H](Cc2ccccc2)NC(=O)[C@@H](NC(=O)[C@H](N)Cc2ccccc2)CSSC[C@@H](C(=O)N[C@H](CO)[C@@H](C)O)NC1=O.C[N+](C)(C)CC(O)CC(=O)[O-].OC[C@H]1O[C@@H](n2cnc3c2NC=NC[C@H]3O)C[C@@H]1O. The van der Waals surface area contributed by atoms with Crippen molar-refractivity contribution >= 4 is 92.0 Å². The van der Waals surface area contributed by atoms with Crippen LogP contribution in [-0.4, -0.2) is 253 Å². The minimum atomic E-state index is -1.66. The number of rotatable bonds is 23. The van der Waals surface area contributed by atoms with Gasteiger partial charge in [0.05, 0.1) is 84.0 Å². The second-order valence-electron chi connectivity index (χ2n) is 25.8. The average Bonchev–Trinajstić information content (AvgIpc) is 1.63. The number of aromatic amines is 1. The number of quaternary nitrogens is 1. The van der Waals surface area contributed by atoms with Gasteiger partial charge in [0.2, 0.25) is 41.4 Å². The first-order chi connectivity index (χ1) is 48.1. The van der Waals surface area contributed by atoms with Gasteiger partial charge in [0.1, 0.15) is 78.8 Å². The highest BCUT2D eigenvalue weighted by molar-refractivity contribution is 8.76. The van der Waals surface area contributed by atoms with Gasteiger partial charge in [0.15, 0.2) is 0 Å². The molecule has 0 bridgehead atoms. The lowest BCUT2D eigenvalue weighted by Gasteiger charge is -2.29. The number of benzene rings is 3. The predicted molar refractivity (Wildman–Crippen MR) is 376 cm³/mol. The molecule has 2 fully saturated rings. The van der Waals surface area contributed by atoms with Gasteiger partial charge in [-0.15, -0.1) is 0 Å². The fourth-order valence-electron chi connectivity index (χ4n) is 11.0. The molecule has 3 aromatic carbocycles. The summed E-state index contributed by atoms with van der Waals surface area (Å²) in [6.45, 7) is 2.67. The number of unbranched alkanes of at least 4 members (excludes halogenated alkanes) is 1. The fourth-order valence-corrected chi connectivity index (χ4v) is 13.3. The summed E-state index contributed by atoms with van der Waals surface area (Å²) >= 11 is 0. The van der Waals surface area contributed by atoms with Crippen molar-refractivity contribution in [2.24, 2.45) is 16.5 Å². The Morgan fingerprint density at radius 1 is 0.792 bits per heavy atom. The van der Waals surface area contributed by atoms with E-state index in [1.165, 1.54) is 20.2 Å². The molecule has 2 saturated heterocycles. The summed E-state index contributed by atoms with van der Waals surface area (Å²) in [6, 6.07) is 14.6. The molecule has 3 aliphatic heterocycles. The lowest BCUT2D eigenvalue weighted by Crippen LogP contribution is -2.62. The number of carboxylic acid groups (broad SMARTS) is 1. The first-order valence-electron chi connectivity index (χ1n) is 33.1. The topological polar surface area (TPSA) is 505 Å². The molecule has 2 aromatic heterocycles. The first kappa shape index (κ1) is 81.9. The molecule has 34 heteroatoms. The molecule has 20 N–H and O–H groups in total. The van der Waals surface area contributed by atoms with E-state index >= 15 is 0 Å². The van der Waals surface area contributed by atoms with E-state index in [9.17, 15) is 69.0 Å². The third-order valence-corrected chi connectivity index (χ3v) is 18.8. The molecule has 3 aliphatic rings. The smallest absolute Gasteiger partial charge is 0.245 e. The normalized spacial score (nSPS) is 24.0. The number of aliphatic hydroxyl groups excluding tert-OH is 7. The van der Waals surface area contributed by atoms with Gasteiger partial charge in [-0.05, 0) is 68.8 Å². The number of hydrogen-bond donors (Lipinski definition) is 18. The fraction of sp³-hybridized carbons (Fsp3) is 0.522. The highest BCUT2D eigenvalue weighted by Crippen LogP contribution is 2.34. The van der Waals surface area contributed by atoms with Crippen molar-refractivity contribution in [1.29, 1.82) is 0 Å². The monoisotopic (exact) mass is 1450 g/mol. The van der Waals surface area contributed by atoms with E-state index in [-0.39, 0.29) is 63.3 Å². The molecule has 8 rings (SSSR count). The van der Waals surface area contributed by atoms with Crippen molar-refractivity contribution in [2.45, 2.75) is 156 Å². The molecule has 0 radical (unpaired) electrons. The van der Waals surface area contributed by atoms with Gasteiger partial charge < -0.3 is 114 Å². The highest BCUT2D eigenvalue weighted by atomic mass is 33.1. The molecule has 0 saturated carbocycles. The number of aromatic nitrogens is 3. The zero-order valence-electron chi connectivity index (χ0n) is 57.1. The molecule has 101 heavy (non-hydrogen) atoms. The quantitative estimate of drug-likeness (QED) is 0.0171. The van der Waals surface area contributed by atoms with Gasteiger partial charge in [0.25, 0.3) is 0 Å². The van der Waals surface area contributed by atoms with Gasteiger partial charge in [0, 0.05) is 60.3 Å². The largest absolute Gasteiger partial charge is 0.550 e. The number of nitrogens with one attached hydrogen (secondary N) is 9. The minimum Gasteiger partial charge on any atom is -0.550 e. The number of anilines is 1. The Morgan fingerprint density at radius 2 is 1.42 bits per heavy atom. The van der Waals surface area contributed by atoms with Crippen molar-refractivity contribution in [3.8, 4) is 0 Å². The van der Waals surface area contributed by atoms with Crippen LogP contribution in [0.2, 0.25) is 0 Å². The lowest BCUT2D eigenvalue weighted by atomic mass is 10.0. The Hall–Kier alpha value is -8.10. The maximum absolute atomic E-state index is 14.7. The number of fused-ring (bicyclic) bond motifs is 2. The second-order valence-corrected chi connectivity index (χ2v) is 28.4. The second kappa shape index (κ2) is 40.5. The molecule has 15 atom stereocenters. The number of amides is 7. The molecular weight excluding hydrogens is 1350 g/mol. The molecule has 5 aromatic rings. The lowest BCUT2D eigenvalue weighted by molar-refractivity contribution is -0.873. The van der Waals surface area contributed by atoms with Gasteiger partial charge in [-0.25, -0.2) is 4.98 Å². The van der Waals surface area contributed by atoms with E-state index in [0.29, 0.717) is 52.9 Å². The summed E-state index contributed by atoms with van der Waals surface area (Å²) in [6.07, 6.45) is -0.309. The molecule has 0 spiro atoms. The van der Waals surface area contributed by atoms with E-state index < -0.39 is 145 Å². The predicted octanol–water partition coefficient (Wildman–Crippen LogP) is -3.60. The zero-order chi connectivity index (χ0) is 73.9. The number of carbonyl (C=O) groups is 8. The first-order valence-corrected chi connectivity index (χ1v) is 35.6. The van der Waals surface area contributed by atoms with Crippen LogP contribution >= 0.6 is 21.6 Å². The third-order valence-electron chi connectivity index (χ3n) is 16.4. The molecular formula is C67H97N15O17S2. The summed E-state index contributed by atoms with van der Waals surface area (Å²) in [5.74, 6) is -6.61. The van der Waals surface area contributed by atoms with Crippen LogP contribution in [0.1, 0.15) is 80.7 Å². The number of aliphatic hydroxyl groups is 7. The Kier molecular flexibility index (Phi) is 32.8. The van der Waals surface area contributed by atoms with Crippen molar-refractivity contribution < 1.29 is 88.4 Å². The summed E-state index contributed by atoms with van der Waals surface area (Å²) in [4.78, 5) is 121. The number of aliphatic imine (C=N–C) groups is 1. The van der Waals surface area contributed by atoms with Crippen molar-refractivity contribution in [3.63, 3.8) is 0 Å². The number of carboxylic acids is 1. The van der Waals surface area contributed by atoms with Gasteiger partial charge in [-0.1, -0.05) is 100 Å². The van der Waals surface area contributed by atoms with Gasteiger partial charge in [-0.2, -0.15) is 0 Å². The summed E-state index contributed by atoms with van der Waals surface area (Å²) in [5.41, 5.74) is 15.5. The number of ether oxygens (including phenoxy) is 1. The number of hydrogen-bond acceptors (Lipinski definition) is 24. The summed E-state index contributed by atoms with van der Waals surface area (Å²) in [5, 5.41) is 101. The Labute approximate surface area is 593 Å². The summed E-state index contributed by atoms with van der Waals surface area (Å²) in [7, 11) is 7.72. The maximum Gasteiger partial charge on any atom is 0.245 e. The van der Waals surface area contributed by atoms with Gasteiger partial charge >= 0.3 is 0 Å². The van der Waals surface area contributed by atoms with Gasteiger partial charge in [-0.3, -0.25) is 43.1 Å². The van der Waals surface area contributed by atoms with Crippen LogP contribution in [0, 0.1) is 0 Å². The van der Waals surface area contributed by atoms with Crippen LogP contribution in [0.4, 0.5) is 5.82 Å². The number of para-hydroxylation sites is 1. The number of aliphatic carboxylic acids is 1. The van der Waals surface area contributed by atoms with E-state index in [1.807, 2.05) is 51.5 Å². The number of imidazole rings is 1. The number of carbonyl (C=O) groups excluding carboxylic acids is 8. The highest BCUT2D eigenvalue weighted by Gasteiger charge is 2.39. The van der Waals surface area contributed by atoms with Crippen molar-refractivity contribution in [1.82, 2.24) is 51.8 Å². The van der Waals surface area contributed by atoms with Crippen molar-refractivity contribution in [3.05, 3.63) is 120 Å². The van der Waals surface area contributed by atoms with Crippen LogP contribution in [0.3, 0.4) is 0 Å². The van der Waals surface area contributed by atoms with E-state index in [4.69, 9.17) is 26.4 Å². The maximum atomic E-state index is 14.7. The molecule has 0 aliphatic carbocycles. The van der Waals surface area contributed by atoms with Crippen LogP contribution in [0.15, 0.2) is 102 Å². The number of likely N-dealkylation sites (N-methyl/N-ethyl adjacent to an activating group) is 1. The number of H-pyrrole nitrogens is 1. The molecule has 5 heterocycles. The third kappa shape index (κ3) is 26.0. The summed E-state index contributed by atoms with van der Waals surface area (Å²) < 4.78 is 7.82. The molecule has 554 valence electrons. The van der Waals surface area contributed by atoms with Crippen LogP contribution in [0.5, 0.6) is 0 Å².